The molecule has 1 fully saturated rings. The zero-order valence-corrected chi connectivity index (χ0v) is 13.2. The number of thiazole rings is 1. The number of aromatic nitrogens is 1. The molecule has 21 heavy (non-hydrogen) atoms. The summed E-state index contributed by atoms with van der Waals surface area (Å²) in [7, 11) is 0. The van der Waals surface area contributed by atoms with E-state index in [2.05, 4.69) is 17.2 Å². The number of amides is 1. The zero-order valence-electron chi connectivity index (χ0n) is 12.3. The van der Waals surface area contributed by atoms with Gasteiger partial charge in [-0.15, -0.1) is 11.3 Å². The summed E-state index contributed by atoms with van der Waals surface area (Å²) in [5, 5.41) is 14.5. The highest BCUT2D eigenvalue weighted by Crippen LogP contribution is 2.27. The molecule has 0 radical (unpaired) electrons. The highest BCUT2D eigenvalue weighted by molar-refractivity contribution is 7.13. The molecule has 1 aromatic rings. The Balaban J connectivity index is 2.01. The molecular weight excluding hydrogens is 290 g/mol. The van der Waals surface area contributed by atoms with Crippen LogP contribution >= 0.6 is 11.3 Å². The Morgan fingerprint density at radius 1 is 1.57 bits per heavy atom. The summed E-state index contributed by atoms with van der Waals surface area (Å²) in [5.41, 5.74) is 0.810. The smallest absolute Gasteiger partial charge is 0.320 e. The van der Waals surface area contributed by atoms with Crippen LogP contribution in [0.1, 0.15) is 38.8 Å². The highest BCUT2D eigenvalue weighted by atomic mass is 32.1. The fraction of sp³-hybridized carbons (Fsp3) is 0.643. The van der Waals surface area contributed by atoms with E-state index in [0.717, 1.165) is 25.1 Å². The number of carboxylic acid groups (broad SMARTS) is 1. The monoisotopic (exact) mass is 311 g/mol. The van der Waals surface area contributed by atoms with Gasteiger partial charge in [0, 0.05) is 18.8 Å². The van der Waals surface area contributed by atoms with Crippen molar-refractivity contribution in [2.45, 2.75) is 45.7 Å². The number of carbonyl (C=O) groups is 2. The molecule has 0 saturated carbocycles. The van der Waals surface area contributed by atoms with Crippen LogP contribution in [0.3, 0.4) is 0 Å². The number of nitrogens with one attached hydrogen (secondary N) is 1. The molecule has 2 heterocycles. The van der Waals surface area contributed by atoms with Crippen LogP contribution in [0.25, 0.3) is 0 Å². The summed E-state index contributed by atoms with van der Waals surface area (Å²) in [6, 6.07) is -0.436. The van der Waals surface area contributed by atoms with Crippen LogP contribution in [0.2, 0.25) is 0 Å². The predicted molar refractivity (Wildman–Crippen MR) is 81.3 cm³/mol. The number of nitrogens with zero attached hydrogens (tertiary/aromatic N) is 2. The van der Waals surface area contributed by atoms with Crippen molar-refractivity contribution in [3.8, 4) is 0 Å². The molecule has 2 rings (SSSR count). The summed E-state index contributed by atoms with van der Waals surface area (Å²) in [6.45, 7) is 4.85. The second kappa shape index (κ2) is 7.00. The minimum absolute atomic E-state index is 0.150. The average Bonchev–Trinajstić information content (AvgIpc) is 2.85. The lowest BCUT2D eigenvalue weighted by Gasteiger charge is -2.36. The van der Waals surface area contributed by atoms with Crippen molar-refractivity contribution in [3.63, 3.8) is 0 Å². The van der Waals surface area contributed by atoms with Gasteiger partial charge < -0.3 is 10.4 Å². The van der Waals surface area contributed by atoms with E-state index in [1.165, 1.54) is 18.3 Å². The van der Waals surface area contributed by atoms with Crippen molar-refractivity contribution < 1.29 is 14.7 Å². The van der Waals surface area contributed by atoms with Crippen molar-refractivity contribution in [2.75, 3.05) is 11.9 Å². The van der Waals surface area contributed by atoms with Gasteiger partial charge in [-0.1, -0.05) is 13.3 Å². The molecule has 1 aromatic heterocycles. The van der Waals surface area contributed by atoms with E-state index in [-0.39, 0.29) is 5.91 Å². The van der Waals surface area contributed by atoms with Crippen LogP contribution in [0.5, 0.6) is 0 Å². The number of aliphatic carboxylic acids is 1. The molecule has 1 saturated heterocycles. The first kappa shape index (κ1) is 15.9. The number of likely N-dealkylation sites (tertiary alicyclic amines) is 1. The number of piperidine rings is 1. The number of hydrogen-bond acceptors (Lipinski definition) is 5. The van der Waals surface area contributed by atoms with Crippen molar-refractivity contribution in [1.29, 1.82) is 0 Å². The molecule has 116 valence electrons. The molecule has 0 spiro atoms. The first-order valence-electron chi connectivity index (χ1n) is 7.18. The summed E-state index contributed by atoms with van der Waals surface area (Å²) in [6.07, 6.45) is 2.76. The van der Waals surface area contributed by atoms with Gasteiger partial charge in [-0.2, -0.15) is 0 Å². The molecule has 1 aliphatic heterocycles. The van der Waals surface area contributed by atoms with Gasteiger partial charge in [0.05, 0.1) is 5.69 Å². The number of carbonyl (C=O) groups excluding carboxylic acids is 1. The van der Waals surface area contributed by atoms with Crippen LogP contribution in [0.4, 0.5) is 5.13 Å². The van der Waals surface area contributed by atoms with Gasteiger partial charge in [-0.05, 0) is 25.3 Å². The zero-order chi connectivity index (χ0) is 15.4. The maximum Gasteiger partial charge on any atom is 0.320 e. The molecule has 2 N–H and O–H groups in total. The van der Waals surface area contributed by atoms with Crippen molar-refractivity contribution >= 4 is 28.3 Å². The van der Waals surface area contributed by atoms with Gasteiger partial charge in [0.25, 0.3) is 0 Å². The molecule has 2 atom stereocenters. The minimum atomic E-state index is -0.759. The first-order chi connectivity index (χ1) is 9.99. The Bertz CT molecular complexity index is 517. The second-order valence-electron chi connectivity index (χ2n) is 5.45. The fourth-order valence-electron chi connectivity index (χ4n) is 2.70. The Kier molecular flexibility index (Phi) is 5.30. The molecule has 1 aliphatic rings. The van der Waals surface area contributed by atoms with Crippen LogP contribution in [0.15, 0.2) is 5.38 Å². The van der Waals surface area contributed by atoms with E-state index in [4.69, 9.17) is 0 Å². The molecule has 6 nitrogen and oxygen atoms in total. The number of hydrogen-bond donors (Lipinski definition) is 2. The van der Waals surface area contributed by atoms with Crippen molar-refractivity contribution in [2.24, 2.45) is 5.92 Å². The number of rotatable bonds is 5. The van der Waals surface area contributed by atoms with E-state index in [1.54, 1.807) is 0 Å². The topological polar surface area (TPSA) is 82.5 Å². The van der Waals surface area contributed by atoms with Crippen LogP contribution < -0.4 is 5.32 Å². The third-order valence-electron chi connectivity index (χ3n) is 3.88. The minimum Gasteiger partial charge on any atom is -0.480 e. The van der Waals surface area contributed by atoms with Crippen LogP contribution in [0, 0.1) is 5.92 Å². The van der Waals surface area contributed by atoms with E-state index in [0.29, 0.717) is 24.0 Å². The quantitative estimate of drug-likeness (QED) is 0.871. The van der Waals surface area contributed by atoms with E-state index in [9.17, 15) is 14.7 Å². The Labute approximate surface area is 128 Å². The van der Waals surface area contributed by atoms with E-state index in [1.807, 2.05) is 10.3 Å². The Morgan fingerprint density at radius 2 is 2.33 bits per heavy atom. The van der Waals surface area contributed by atoms with E-state index >= 15 is 0 Å². The maximum atomic E-state index is 11.5. The lowest BCUT2D eigenvalue weighted by molar-refractivity contribution is -0.145. The Hall–Kier alpha value is -1.47. The van der Waals surface area contributed by atoms with Gasteiger partial charge in [0.2, 0.25) is 5.91 Å². The average molecular weight is 311 g/mol. The van der Waals surface area contributed by atoms with Gasteiger partial charge in [-0.25, -0.2) is 4.98 Å². The summed E-state index contributed by atoms with van der Waals surface area (Å²) < 4.78 is 0. The maximum absolute atomic E-state index is 11.5. The third-order valence-corrected chi connectivity index (χ3v) is 4.69. The fourth-order valence-corrected chi connectivity index (χ4v) is 3.45. The standard InChI is InChI=1S/C14H21N3O3S/c1-3-10-4-5-17(12(6-10)13(19)20)7-11-8-21-14(16-11)15-9(2)18/h8,10,12H,3-7H2,1-2H3,(H,19,20)(H,15,16,18). The first-order valence-corrected chi connectivity index (χ1v) is 8.06. The molecule has 0 aliphatic carbocycles. The van der Waals surface area contributed by atoms with Gasteiger partial charge in [-0.3, -0.25) is 14.5 Å². The van der Waals surface area contributed by atoms with Crippen molar-refractivity contribution in [1.82, 2.24) is 9.88 Å². The molecular formula is C14H21N3O3S. The van der Waals surface area contributed by atoms with Crippen molar-refractivity contribution in [3.05, 3.63) is 11.1 Å². The van der Waals surface area contributed by atoms with Gasteiger partial charge >= 0.3 is 5.97 Å². The lowest BCUT2D eigenvalue weighted by atomic mass is 9.89. The van der Waals surface area contributed by atoms with E-state index < -0.39 is 12.0 Å². The lowest BCUT2D eigenvalue weighted by Crippen LogP contribution is -2.46. The molecule has 0 bridgehead atoms. The predicted octanol–water partition coefficient (Wildman–Crippen LogP) is 2.18. The second-order valence-corrected chi connectivity index (χ2v) is 6.31. The molecule has 2 unspecified atom stereocenters. The third kappa shape index (κ3) is 4.25. The number of anilines is 1. The van der Waals surface area contributed by atoms with Gasteiger partial charge in [0.1, 0.15) is 6.04 Å². The van der Waals surface area contributed by atoms with Crippen LogP contribution in [-0.4, -0.2) is 39.5 Å². The summed E-state index contributed by atoms with van der Waals surface area (Å²) >= 11 is 1.36. The summed E-state index contributed by atoms with van der Waals surface area (Å²) in [4.78, 5) is 28.7. The highest BCUT2D eigenvalue weighted by Gasteiger charge is 2.32. The number of carboxylic acids is 1. The molecule has 1 amide bonds. The Morgan fingerprint density at radius 3 is 2.95 bits per heavy atom. The summed E-state index contributed by atoms with van der Waals surface area (Å²) in [5.74, 6) is -0.415. The van der Waals surface area contributed by atoms with Crippen LogP contribution in [-0.2, 0) is 16.1 Å². The largest absolute Gasteiger partial charge is 0.480 e. The SMILES string of the molecule is CCC1CCN(Cc2csc(NC(C)=O)n2)C(C(=O)O)C1. The molecule has 0 aromatic carbocycles. The normalized spacial score (nSPS) is 23.0. The van der Waals surface area contributed by atoms with Gasteiger partial charge in [0.15, 0.2) is 5.13 Å². The molecule has 7 heteroatoms.